The van der Waals surface area contributed by atoms with Crippen LogP contribution >= 0.6 is 15.9 Å². The van der Waals surface area contributed by atoms with E-state index in [0.717, 1.165) is 47.2 Å². The Morgan fingerprint density at radius 3 is 2.42 bits per heavy atom. The maximum absolute atomic E-state index is 4.77. The van der Waals surface area contributed by atoms with E-state index >= 15 is 0 Å². The molecule has 7 nitrogen and oxygen atoms in total. The summed E-state index contributed by atoms with van der Waals surface area (Å²) in [5.41, 5.74) is 2.16. The van der Waals surface area contributed by atoms with Gasteiger partial charge in [-0.3, -0.25) is 0 Å². The Morgan fingerprint density at radius 1 is 0.968 bits per heavy atom. The third-order valence-electron chi connectivity index (χ3n) is 5.01. The Balaban J connectivity index is 1.78. The van der Waals surface area contributed by atoms with Gasteiger partial charge in [0.15, 0.2) is 0 Å². The fourth-order valence-corrected chi connectivity index (χ4v) is 3.43. The van der Waals surface area contributed by atoms with Crippen molar-refractivity contribution in [1.82, 2.24) is 15.0 Å². The first-order valence-corrected chi connectivity index (χ1v) is 11.1. The average molecular weight is 484 g/mol. The Hall–Kier alpha value is -2.87. The fourth-order valence-electron chi connectivity index (χ4n) is 3.05. The van der Waals surface area contributed by atoms with Crippen LogP contribution in [-0.4, -0.2) is 55.7 Å². The molecule has 164 valence electrons. The van der Waals surface area contributed by atoms with Crippen molar-refractivity contribution >= 4 is 45.0 Å². The van der Waals surface area contributed by atoms with E-state index in [1.54, 1.807) is 0 Å². The number of hydrogen-bond donors (Lipinski definition) is 1. The molecule has 0 amide bonds. The van der Waals surface area contributed by atoms with Gasteiger partial charge in [-0.05, 0) is 43.7 Å². The normalized spacial score (nSPS) is 10.6. The van der Waals surface area contributed by atoms with Crippen LogP contribution in [0, 0.1) is 6.92 Å². The SMILES string of the molecule is CCN(CCN(C)c1nc(Nc2ccc(C)c(Br)c2)cc(N(C)C)n1)c1ccccn1. The minimum atomic E-state index is 0.678. The first kappa shape index (κ1) is 22.8. The molecule has 0 radical (unpaired) electrons. The first-order chi connectivity index (χ1) is 14.9. The molecule has 31 heavy (non-hydrogen) atoms. The van der Waals surface area contributed by atoms with Gasteiger partial charge in [0, 0.05) is 63.2 Å². The third kappa shape index (κ3) is 6.07. The van der Waals surface area contributed by atoms with Gasteiger partial charge in [-0.15, -0.1) is 0 Å². The highest BCUT2D eigenvalue weighted by Gasteiger charge is 2.13. The summed E-state index contributed by atoms with van der Waals surface area (Å²) in [5.74, 6) is 3.27. The smallest absolute Gasteiger partial charge is 0.229 e. The summed E-state index contributed by atoms with van der Waals surface area (Å²) in [6.07, 6.45) is 1.83. The summed E-state index contributed by atoms with van der Waals surface area (Å²) in [4.78, 5) is 20.3. The minimum absolute atomic E-state index is 0.678. The van der Waals surface area contributed by atoms with E-state index in [-0.39, 0.29) is 0 Å². The molecular weight excluding hydrogens is 454 g/mol. The lowest BCUT2D eigenvalue weighted by atomic mass is 10.2. The summed E-state index contributed by atoms with van der Waals surface area (Å²) in [7, 11) is 5.99. The van der Waals surface area contributed by atoms with Crippen LogP contribution < -0.4 is 20.0 Å². The molecule has 0 aliphatic heterocycles. The van der Waals surface area contributed by atoms with E-state index in [9.17, 15) is 0 Å². The molecule has 1 N–H and O–H groups in total. The van der Waals surface area contributed by atoms with Gasteiger partial charge in [0.25, 0.3) is 0 Å². The van der Waals surface area contributed by atoms with Crippen molar-refractivity contribution in [3.8, 4) is 0 Å². The molecule has 0 spiro atoms. The lowest BCUT2D eigenvalue weighted by molar-refractivity contribution is 0.760. The molecule has 3 aromatic rings. The number of aryl methyl sites for hydroxylation is 1. The van der Waals surface area contributed by atoms with Crippen LogP contribution in [0.4, 0.5) is 29.1 Å². The van der Waals surface area contributed by atoms with Crippen LogP contribution in [0.2, 0.25) is 0 Å². The van der Waals surface area contributed by atoms with E-state index in [2.05, 4.69) is 62.0 Å². The highest BCUT2D eigenvalue weighted by molar-refractivity contribution is 9.10. The number of halogens is 1. The van der Waals surface area contributed by atoms with E-state index in [0.29, 0.717) is 5.95 Å². The quantitative estimate of drug-likeness (QED) is 0.472. The Kier molecular flexibility index (Phi) is 7.68. The summed E-state index contributed by atoms with van der Waals surface area (Å²) in [5, 5.41) is 3.41. The van der Waals surface area contributed by atoms with Gasteiger partial charge in [0.05, 0.1) is 0 Å². The van der Waals surface area contributed by atoms with Crippen LogP contribution in [-0.2, 0) is 0 Å². The molecule has 0 aliphatic rings. The molecule has 0 atom stereocenters. The second-order valence-corrected chi connectivity index (χ2v) is 8.44. The predicted octanol–water partition coefficient (Wildman–Crippen LogP) is 4.71. The number of nitrogens with one attached hydrogen (secondary N) is 1. The lowest BCUT2D eigenvalue weighted by Gasteiger charge is -2.26. The first-order valence-electron chi connectivity index (χ1n) is 10.3. The number of pyridine rings is 1. The summed E-state index contributed by atoms with van der Waals surface area (Å²) in [6, 6.07) is 14.1. The molecule has 2 heterocycles. The largest absolute Gasteiger partial charge is 0.363 e. The number of rotatable bonds is 9. The van der Waals surface area contributed by atoms with Crippen LogP contribution in [0.3, 0.4) is 0 Å². The van der Waals surface area contributed by atoms with Crippen molar-refractivity contribution in [3.63, 3.8) is 0 Å². The van der Waals surface area contributed by atoms with Gasteiger partial charge in [-0.1, -0.05) is 28.1 Å². The monoisotopic (exact) mass is 483 g/mol. The molecular formula is C23H30BrN7. The Morgan fingerprint density at radius 2 is 1.77 bits per heavy atom. The fraction of sp³-hybridized carbons (Fsp3) is 0.348. The van der Waals surface area contributed by atoms with Crippen molar-refractivity contribution in [2.45, 2.75) is 13.8 Å². The third-order valence-corrected chi connectivity index (χ3v) is 5.86. The van der Waals surface area contributed by atoms with Gasteiger partial charge >= 0.3 is 0 Å². The highest BCUT2D eigenvalue weighted by atomic mass is 79.9. The van der Waals surface area contributed by atoms with E-state index < -0.39 is 0 Å². The molecule has 0 saturated carbocycles. The van der Waals surface area contributed by atoms with Crippen molar-refractivity contribution in [1.29, 1.82) is 0 Å². The molecule has 0 fully saturated rings. The van der Waals surface area contributed by atoms with Crippen molar-refractivity contribution < 1.29 is 0 Å². The van der Waals surface area contributed by atoms with Crippen LogP contribution in [0.15, 0.2) is 53.1 Å². The van der Waals surface area contributed by atoms with Crippen LogP contribution in [0.25, 0.3) is 0 Å². The van der Waals surface area contributed by atoms with Gasteiger partial charge < -0.3 is 20.0 Å². The molecule has 2 aromatic heterocycles. The van der Waals surface area contributed by atoms with Gasteiger partial charge in [-0.25, -0.2) is 4.98 Å². The van der Waals surface area contributed by atoms with Gasteiger partial charge in [0.2, 0.25) is 5.95 Å². The number of anilines is 5. The topological polar surface area (TPSA) is 60.4 Å². The Bertz CT molecular complexity index is 994. The number of benzene rings is 1. The molecule has 0 unspecified atom stereocenters. The molecule has 0 saturated heterocycles. The van der Waals surface area contributed by atoms with Gasteiger partial charge in [-0.2, -0.15) is 9.97 Å². The van der Waals surface area contributed by atoms with E-state index in [4.69, 9.17) is 9.97 Å². The molecule has 1 aromatic carbocycles. The molecule has 0 aliphatic carbocycles. The zero-order chi connectivity index (χ0) is 22.4. The van der Waals surface area contributed by atoms with Crippen molar-refractivity contribution in [3.05, 3.63) is 58.7 Å². The van der Waals surface area contributed by atoms with E-state index in [1.165, 1.54) is 5.56 Å². The standard InChI is InChI=1S/C23H30BrN7/c1-6-31(21-9-7-8-12-25-21)14-13-30(5)23-27-20(16-22(28-23)29(3)4)26-18-11-10-17(2)19(24)15-18/h7-12,15-16H,6,13-14H2,1-5H3,(H,26,27,28). The lowest BCUT2D eigenvalue weighted by Crippen LogP contribution is -2.34. The summed E-state index contributed by atoms with van der Waals surface area (Å²) in [6.45, 7) is 6.70. The second-order valence-electron chi connectivity index (χ2n) is 7.58. The second kappa shape index (κ2) is 10.4. The summed E-state index contributed by atoms with van der Waals surface area (Å²) < 4.78 is 1.06. The number of likely N-dealkylation sites (N-methyl/N-ethyl adjacent to an activating group) is 2. The highest BCUT2D eigenvalue weighted by Crippen LogP contribution is 2.25. The number of nitrogens with zero attached hydrogens (tertiary/aromatic N) is 6. The predicted molar refractivity (Wildman–Crippen MR) is 134 cm³/mol. The maximum atomic E-state index is 4.77. The van der Waals surface area contributed by atoms with Crippen LogP contribution in [0.5, 0.6) is 0 Å². The van der Waals surface area contributed by atoms with Crippen LogP contribution in [0.1, 0.15) is 12.5 Å². The summed E-state index contributed by atoms with van der Waals surface area (Å²) >= 11 is 3.60. The maximum Gasteiger partial charge on any atom is 0.229 e. The minimum Gasteiger partial charge on any atom is -0.363 e. The number of hydrogen-bond acceptors (Lipinski definition) is 7. The van der Waals surface area contributed by atoms with Gasteiger partial charge in [0.1, 0.15) is 17.5 Å². The van der Waals surface area contributed by atoms with E-state index in [1.807, 2.05) is 62.6 Å². The van der Waals surface area contributed by atoms with Crippen molar-refractivity contribution in [2.24, 2.45) is 0 Å². The zero-order valence-electron chi connectivity index (χ0n) is 18.8. The van der Waals surface area contributed by atoms with Crippen molar-refractivity contribution in [2.75, 3.05) is 60.8 Å². The molecule has 0 bridgehead atoms. The molecule has 3 rings (SSSR count). The molecule has 8 heteroatoms. The zero-order valence-corrected chi connectivity index (χ0v) is 20.4. The average Bonchev–Trinajstić information content (AvgIpc) is 2.77. The Labute approximate surface area is 193 Å². The number of aromatic nitrogens is 3.